The number of nitrogens with two attached hydrogens (primary N) is 1. The summed E-state index contributed by atoms with van der Waals surface area (Å²) in [5.74, 6) is 0. The number of anilines is 1. The van der Waals surface area contributed by atoms with Crippen molar-refractivity contribution in [2.75, 3.05) is 18.0 Å². The van der Waals surface area contributed by atoms with E-state index in [1.807, 2.05) is 0 Å². The lowest BCUT2D eigenvalue weighted by atomic mass is 10.0. The van der Waals surface area contributed by atoms with Crippen molar-refractivity contribution in [2.24, 2.45) is 5.73 Å². The van der Waals surface area contributed by atoms with Gasteiger partial charge in [-0.1, -0.05) is 12.1 Å². The first-order chi connectivity index (χ1) is 7.19. The quantitative estimate of drug-likeness (QED) is 0.816. The Labute approximate surface area is 92.1 Å². The zero-order valence-corrected chi connectivity index (χ0v) is 9.66. The second kappa shape index (κ2) is 3.86. The van der Waals surface area contributed by atoms with E-state index in [1.165, 1.54) is 11.3 Å². The lowest BCUT2D eigenvalue weighted by molar-refractivity contribution is 0.738. The molecule has 0 amide bonds. The van der Waals surface area contributed by atoms with Crippen LogP contribution in [0.2, 0.25) is 0 Å². The first-order valence-electron chi connectivity index (χ1n) is 5.84. The fourth-order valence-corrected chi connectivity index (χ4v) is 2.02. The second-order valence-electron chi connectivity index (χ2n) is 4.38. The van der Waals surface area contributed by atoms with Gasteiger partial charge >= 0.3 is 0 Å². The lowest BCUT2D eigenvalue weighted by Gasteiger charge is -2.22. The smallest absolute Gasteiger partial charge is 0.0412 e. The summed E-state index contributed by atoms with van der Waals surface area (Å²) in [7, 11) is 0. The molecule has 0 unspecified atom stereocenters. The highest BCUT2D eigenvalue weighted by Crippen LogP contribution is 2.43. The molecule has 0 radical (unpaired) electrons. The van der Waals surface area contributed by atoms with Crippen LogP contribution >= 0.6 is 0 Å². The first-order valence-corrected chi connectivity index (χ1v) is 5.84. The van der Waals surface area contributed by atoms with Gasteiger partial charge in [0.2, 0.25) is 0 Å². The van der Waals surface area contributed by atoms with Gasteiger partial charge in [-0.2, -0.15) is 0 Å². The average molecular weight is 204 g/mol. The Morgan fingerprint density at radius 2 is 1.93 bits per heavy atom. The monoisotopic (exact) mass is 204 g/mol. The standard InChI is InChI=1S/C13H20N2/c1-3-15(4-2)12-7-5-6-11(10-12)13(14)8-9-13/h5-7,10H,3-4,8-9,14H2,1-2H3. The van der Waals surface area contributed by atoms with Gasteiger partial charge in [0.1, 0.15) is 0 Å². The van der Waals surface area contributed by atoms with Gasteiger partial charge in [-0.15, -0.1) is 0 Å². The van der Waals surface area contributed by atoms with Crippen molar-refractivity contribution in [3.8, 4) is 0 Å². The summed E-state index contributed by atoms with van der Waals surface area (Å²) in [4.78, 5) is 2.36. The normalized spacial score (nSPS) is 17.5. The highest BCUT2D eigenvalue weighted by atomic mass is 15.1. The summed E-state index contributed by atoms with van der Waals surface area (Å²) in [6.07, 6.45) is 2.27. The maximum absolute atomic E-state index is 6.20. The molecule has 0 atom stereocenters. The van der Waals surface area contributed by atoms with Gasteiger partial charge in [-0.25, -0.2) is 0 Å². The van der Waals surface area contributed by atoms with Crippen LogP contribution in [-0.2, 0) is 5.54 Å². The van der Waals surface area contributed by atoms with Crippen molar-refractivity contribution in [2.45, 2.75) is 32.2 Å². The molecule has 2 N–H and O–H groups in total. The van der Waals surface area contributed by atoms with Crippen LogP contribution in [0.15, 0.2) is 24.3 Å². The molecule has 1 aromatic carbocycles. The highest BCUT2D eigenvalue weighted by molar-refractivity contribution is 5.50. The van der Waals surface area contributed by atoms with Gasteiger partial charge in [0.25, 0.3) is 0 Å². The van der Waals surface area contributed by atoms with Crippen molar-refractivity contribution < 1.29 is 0 Å². The van der Waals surface area contributed by atoms with Gasteiger partial charge in [0, 0.05) is 24.3 Å². The van der Waals surface area contributed by atoms with Gasteiger partial charge in [0.15, 0.2) is 0 Å². The van der Waals surface area contributed by atoms with Crippen molar-refractivity contribution in [3.63, 3.8) is 0 Å². The van der Waals surface area contributed by atoms with Gasteiger partial charge in [-0.3, -0.25) is 0 Å². The molecule has 0 spiro atoms. The summed E-state index contributed by atoms with van der Waals surface area (Å²) in [5, 5.41) is 0. The molecule has 0 aliphatic heterocycles. The number of benzene rings is 1. The molecule has 0 aromatic heterocycles. The molecule has 0 bridgehead atoms. The minimum atomic E-state index is -0.0108. The van der Waals surface area contributed by atoms with E-state index < -0.39 is 0 Å². The van der Waals surface area contributed by atoms with Crippen LogP contribution in [0.1, 0.15) is 32.3 Å². The largest absolute Gasteiger partial charge is 0.372 e. The molecule has 0 saturated heterocycles. The molecule has 15 heavy (non-hydrogen) atoms. The zero-order chi connectivity index (χ0) is 10.9. The molecule has 0 heterocycles. The molecule has 1 aliphatic carbocycles. The molecule has 2 heteroatoms. The third-order valence-electron chi connectivity index (χ3n) is 3.34. The van der Waals surface area contributed by atoms with E-state index in [9.17, 15) is 0 Å². The predicted octanol–water partition coefficient (Wildman–Crippen LogP) is 2.48. The second-order valence-corrected chi connectivity index (χ2v) is 4.38. The number of nitrogens with zero attached hydrogens (tertiary/aromatic N) is 1. The third kappa shape index (κ3) is 2.00. The third-order valence-corrected chi connectivity index (χ3v) is 3.34. The van der Waals surface area contributed by atoms with Crippen LogP contribution in [0.25, 0.3) is 0 Å². The van der Waals surface area contributed by atoms with Gasteiger partial charge < -0.3 is 10.6 Å². The molecule has 1 aromatic rings. The number of hydrogen-bond donors (Lipinski definition) is 1. The van der Waals surface area contributed by atoms with E-state index in [0.29, 0.717) is 0 Å². The Morgan fingerprint density at radius 1 is 1.27 bits per heavy atom. The summed E-state index contributed by atoms with van der Waals surface area (Å²) < 4.78 is 0. The van der Waals surface area contributed by atoms with E-state index in [0.717, 1.165) is 25.9 Å². The van der Waals surface area contributed by atoms with E-state index in [-0.39, 0.29) is 5.54 Å². The summed E-state index contributed by atoms with van der Waals surface area (Å²) in [6.45, 7) is 6.48. The van der Waals surface area contributed by atoms with Crippen molar-refractivity contribution >= 4 is 5.69 Å². The Bertz CT molecular complexity index is 338. The predicted molar refractivity (Wildman–Crippen MR) is 65.1 cm³/mol. The fourth-order valence-electron chi connectivity index (χ4n) is 2.02. The van der Waals surface area contributed by atoms with Crippen LogP contribution in [-0.4, -0.2) is 13.1 Å². The Hall–Kier alpha value is -1.02. The SMILES string of the molecule is CCN(CC)c1cccc(C2(N)CC2)c1. The molecule has 2 nitrogen and oxygen atoms in total. The van der Waals surface area contributed by atoms with Crippen LogP contribution in [0.4, 0.5) is 5.69 Å². The fraction of sp³-hybridized carbons (Fsp3) is 0.538. The summed E-state index contributed by atoms with van der Waals surface area (Å²) in [6, 6.07) is 8.69. The number of rotatable bonds is 4. The maximum Gasteiger partial charge on any atom is 0.0412 e. The van der Waals surface area contributed by atoms with E-state index in [2.05, 4.69) is 43.0 Å². The minimum Gasteiger partial charge on any atom is -0.372 e. The number of hydrogen-bond acceptors (Lipinski definition) is 2. The highest BCUT2D eigenvalue weighted by Gasteiger charge is 2.39. The Kier molecular flexibility index (Phi) is 2.70. The molecule has 1 fully saturated rings. The minimum absolute atomic E-state index is 0.0108. The van der Waals surface area contributed by atoms with Crippen molar-refractivity contribution in [3.05, 3.63) is 29.8 Å². The van der Waals surface area contributed by atoms with E-state index in [4.69, 9.17) is 5.73 Å². The van der Waals surface area contributed by atoms with Crippen molar-refractivity contribution in [1.29, 1.82) is 0 Å². The van der Waals surface area contributed by atoms with Crippen LogP contribution in [0.5, 0.6) is 0 Å². The topological polar surface area (TPSA) is 29.3 Å². The molecule has 82 valence electrons. The Morgan fingerprint density at radius 3 is 2.47 bits per heavy atom. The summed E-state index contributed by atoms with van der Waals surface area (Å²) in [5.41, 5.74) is 8.79. The average Bonchev–Trinajstić information content (AvgIpc) is 3.00. The van der Waals surface area contributed by atoms with Gasteiger partial charge in [0.05, 0.1) is 0 Å². The maximum atomic E-state index is 6.20. The van der Waals surface area contributed by atoms with Crippen LogP contribution < -0.4 is 10.6 Å². The van der Waals surface area contributed by atoms with Crippen LogP contribution in [0.3, 0.4) is 0 Å². The molecule has 1 saturated carbocycles. The van der Waals surface area contributed by atoms with E-state index in [1.54, 1.807) is 0 Å². The van der Waals surface area contributed by atoms with Crippen molar-refractivity contribution in [1.82, 2.24) is 0 Å². The molecule has 1 aliphatic rings. The van der Waals surface area contributed by atoms with Crippen LogP contribution in [0, 0.1) is 0 Å². The molecular weight excluding hydrogens is 184 g/mol. The zero-order valence-electron chi connectivity index (χ0n) is 9.66. The van der Waals surface area contributed by atoms with E-state index >= 15 is 0 Å². The lowest BCUT2D eigenvalue weighted by Crippen LogP contribution is -2.23. The van der Waals surface area contributed by atoms with Gasteiger partial charge in [-0.05, 0) is 44.4 Å². The molecular formula is C13H20N2. The summed E-state index contributed by atoms with van der Waals surface area (Å²) >= 11 is 0. The first kappa shape index (κ1) is 10.5. The Balaban J connectivity index is 2.26. The molecule has 2 rings (SSSR count).